The fourth-order valence-corrected chi connectivity index (χ4v) is 3.36. The molecule has 0 fully saturated rings. The van der Waals surface area contributed by atoms with Gasteiger partial charge in [-0.05, 0) is 30.3 Å². The van der Waals surface area contributed by atoms with E-state index in [1.165, 1.54) is 19.2 Å². The number of hydrogen-bond acceptors (Lipinski definition) is 5. The largest absolute Gasteiger partial charge is 0.497 e. The summed E-state index contributed by atoms with van der Waals surface area (Å²) in [5.74, 6) is 0.497. The van der Waals surface area contributed by atoms with E-state index in [2.05, 4.69) is 14.8 Å². The van der Waals surface area contributed by atoms with Crippen molar-refractivity contribution in [2.75, 3.05) is 13.7 Å². The summed E-state index contributed by atoms with van der Waals surface area (Å²) < 4.78 is 34.0. The molecule has 0 bridgehead atoms. The van der Waals surface area contributed by atoms with Gasteiger partial charge in [-0.1, -0.05) is 6.07 Å². The fourth-order valence-electron chi connectivity index (χ4n) is 2.31. The number of hydrogen-bond donors (Lipinski definition) is 1. The quantitative estimate of drug-likeness (QED) is 0.697. The monoisotopic (exact) mass is 358 g/mol. The minimum Gasteiger partial charge on any atom is -0.497 e. The summed E-state index contributed by atoms with van der Waals surface area (Å²) in [4.78, 5) is 4.15. The van der Waals surface area contributed by atoms with Gasteiger partial charge in [0.1, 0.15) is 5.75 Å². The summed E-state index contributed by atoms with van der Waals surface area (Å²) in [5, 5.41) is 4.43. The van der Waals surface area contributed by atoms with Crippen LogP contribution in [-0.4, -0.2) is 36.8 Å². The van der Waals surface area contributed by atoms with E-state index >= 15 is 0 Å². The first-order chi connectivity index (χ1) is 12.1. The van der Waals surface area contributed by atoms with Crippen LogP contribution in [0.5, 0.6) is 5.75 Å². The molecule has 0 saturated heterocycles. The Labute approximate surface area is 146 Å². The molecule has 0 saturated carbocycles. The normalized spacial score (nSPS) is 11.4. The molecule has 0 aliphatic rings. The molecular weight excluding hydrogens is 340 g/mol. The number of aromatic nitrogens is 3. The molecule has 8 heteroatoms. The highest BCUT2D eigenvalue weighted by atomic mass is 32.2. The molecule has 7 nitrogen and oxygen atoms in total. The molecule has 0 unspecified atom stereocenters. The lowest BCUT2D eigenvalue weighted by molar-refractivity contribution is 0.413. The highest BCUT2D eigenvalue weighted by Gasteiger charge is 2.14. The van der Waals surface area contributed by atoms with Gasteiger partial charge in [0.15, 0.2) is 0 Å². The maximum absolute atomic E-state index is 12.3. The number of rotatable bonds is 7. The Hall–Kier alpha value is -2.71. The van der Waals surface area contributed by atoms with Crippen LogP contribution in [-0.2, 0) is 16.6 Å². The van der Waals surface area contributed by atoms with Gasteiger partial charge in [-0.2, -0.15) is 5.10 Å². The van der Waals surface area contributed by atoms with Crippen molar-refractivity contribution in [2.45, 2.75) is 11.4 Å². The first-order valence-electron chi connectivity index (χ1n) is 7.66. The van der Waals surface area contributed by atoms with E-state index in [1.807, 2.05) is 24.4 Å². The molecule has 0 aliphatic heterocycles. The standard InChI is InChI=1S/C17H18N4O3S/c1-24-15-3-2-4-16(13-15)25(22,23)19-10-12-21-11-7-17(20-21)14-5-8-18-9-6-14/h2-9,11,13,19H,10,12H2,1H3. The summed E-state index contributed by atoms with van der Waals surface area (Å²) >= 11 is 0. The molecule has 2 heterocycles. The molecule has 3 rings (SSSR count). The van der Waals surface area contributed by atoms with E-state index in [9.17, 15) is 8.42 Å². The van der Waals surface area contributed by atoms with Crippen molar-refractivity contribution in [1.29, 1.82) is 0 Å². The number of nitrogens with one attached hydrogen (secondary N) is 1. The third-order valence-electron chi connectivity index (χ3n) is 3.60. The van der Waals surface area contributed by atoms with Crippen LogP contribution in [0, 0.1) is 0 Å². The van der Waals surface area contributed by atoms with Gasteiger partial charge in [0.05, 0.1) is 24.2 Å². The van der Waals surface area contributed by atoms with Gasteiger partial charge in [-0.15, -0.1) is 0 Å². The zero-order chi connectivity index (χ0) is 17.7. The fraction of sp³-hybridized carbons (Fsp3) is 0.176. The minimum absolute atomic E-state index is 0.171. The van der Waals surface area contributed by atoms with E-state index in [0.29, 0.717) is 12.3 Å². The topological polar surface area (TPSA) is 86.1 Å². The molecule has 0 amide bonds. The Kier molecular flexibility index (Phi) is 5.11. The van der Waals surface area contributed by atoms with Crippen LogP contribution >= 0.6 is 0 Å². The van der Waals surface area contributed by atoms with Crippen molar-refractivity contribution in [3.05, 3.63) is 61.1 Å². The highest BCUT2D eigenvalue weighted by Crippen LogP contribution is 2.17. The first-order valence-corrected chi connectivity index (χ1v) is 9.14. The molecule has 130 valence electrons. The highest BCUT2D eigenvalue weighted by molar-refractivity contribution is 7.89. The summed E-state index contributed by atoms with van der Waals surface area (Å²) in [6.45, 7) is 0.658. The van der Waals surface area contributed by atoms with Crippen LogP contribution in [0.15, 0.2) is 66.0 Å². The zero-order valence-corrected chi connectivity index (χ0v) is 14.5. The molecule has 1 aromatic carbocycles. The van der Waals surface area contributed by atoms with Gasteiger partial charge in [0, 0.05) is 36.8 Å². The third-order valence-corrected chi connectivity index (χ3v) is 5.06. The Bertz CT molecular complexity index is 939. The van der Waals surface area contributed by atoms with Gasteiger partial charge in [0.2, 0.25) is 10.0 Å². The molecule has 0 atom stereocenters. The summed E-state index contributed by atoms with van der Waals surface area (Å²) in [5.41, 5.74) is 1.78. The predicted molar refractivity (Wildman–Crippen MR) is 93.6 cm³/mol. The maximum Gasteiger partial charge on any atom is 0.240 e. The van der Waals surface area contributed by atoms with Crippen molar-refractivity contribution in [1.82, 2.24) is 19.5 Å². The second-order valence-corrected chi connectivity index (χ2v) is 7.04. The lowest BCUT2D eigenvalue weighted by Gasteiger charge is -2.08. The number of sulfonamides is 1. The van der Waals surface area contributed by atoms with E-state index in [1.54, 1.807) is 29.2 Å². The van der Waals surface area contributed by atoms with Gasteiger partial charge < -0.3 is 4.74 Å². The predicted octanol–water partition coefficient (Wildman–Crippen LogP) is 1.93. The summed E-state index contributed by atoms with van der Waals surface area (Å²) in [6.07, 6.45) is 5.23. The van der Waals surface area contributed by atoms with Crippen molar-refractivity contribution in [2.24, 2.45) is 0 Å². The zero-order valence-electron chi connectivity index (χ0n) is 13.7. The molecular formula is C17H18N4O3S. The van der Waals surface area contributed by atoms with E-state index in [4.69, 9.17) is 4.74 Å². The second-order valence-electron chi connectivity index (χ2n) is 5.28. The number of nitrogens with zero attached hydrogens (tertiary/aromatic N) is 3. The van der Waals surface area contributed by atoms with E-state index < -0.39 is 10.0 Å². The summed E-state index contributed by atoms with van der Waals surface area (Å²) in [7, 11) is -2.09. The Morgan fingerprint density at radius 1 is 1.16 bits per heavy atom. The molecule has 3 aromatic rings. The van der Waals surface area contributed by atoms with Crippen LogP contribution in [0.25, 0.3) is 11.3 Å². The summed E-state index contributed by atoms with van der Waals surface area (Å²) in [6, 6.07) is 12.0. The Morgan fingerprint density at radius 2 is 1.96 bits per heavy atom. The number of pyridine rings is 1. The van der Waals surface area contributed by atoms with Crippen molar-refractivity contribution in [3.8, 4) is 17.0 Å². The molecule has 1 N–H and O–H groups in total. The van der Waals surface area contributed by atoms with Crippen LogP contribution in [0.2, 0.25) is 0 Å². The third kappa shape index (κ3) is 4.23. The van der Waals surface area contributed by atoms with Crippen molar-refractivity contribution in [3.63, 3.8) is 0 Å². The molecule has 0 radical (unpaired) electrons. The van der Waals surface area contributed by atoms with Gasteiger partial charge >= 0.3 is 0 Å². The van der Waals surface area contributed by atoms with E-state index in [-0.39, 0.29) is 11.4 Å². The number of ether oxygens (including phenoxy) is 1. The number of methoxy groups -OCH3 is 1. The molecule has 0 spiro atoms. The van der Waals surface area contributed by atoms with Crippen LogP contribution in [0.3, 0.4) is 0 Å². The molecule has 0 aliphatic carbocycles. The molecule has 2 aromatic heterocycles. The van der Waals surface area contributed by atoms with Crippen molar-refractivity contribution < 1.29 is 13.2 Å². The smallest absolute Gasteiger partial charge is 0.240 e. The SMILES string of the molecule is COc1cccc(S(=O)(=O)NCCn2ccc(-c3ccncc3)n2)c1. The van der Waals surface area contributed by atoms with Crippen LogP contribution in [0.1, 0.15) is 0 Å². The average Bonchev–Trinajstić information content (AvgIpc) is 3.11. The number of benzene rings is 1. The van der Waals surface area contributed by atoms with Crippen LogP contribution in [0.4, 0.5) is 0 Å². The van der Waals surface area contributed by atoms with Gasteiger partial charge in [0.25, 0.3) is 0 Å². The average molecular weight is 358 g/mol. The maximum atomic E-state index is 12.3. The second kappa shape index (κ2) is 7.45. The first kappa shape index (κ1) is 17.1. The van der Waals surface area contributed by atoms with E-state index in [0.717, 1.165) is 11.3 Å². The minimum atomic E-state index is -3.59. The van der Waals surface area contributed by atoms with Gasteiger partial charge in [-0.25, -0.2) is 13.1 Å². The van der Waals surface area contributed by atoms with Gasteiger partial charge in [-0.3, -0.25) is 9.67 Å². The Balaban J connectivity index is 1.62. The Morgan fingerprint density at radius 3 is 2.72 bits per heavy atom. The van der Waals surface area contributed by atoms with Crippen molar-refractivity contribution >= 4 is 10.0 Å². The molecule has 25 heavy (non-hydrogen) atoms. The lowest BCUT2D eigenvalue weighted by atomic mass is 10.2. The lowest BCUT2D eigenvalue weighted by Crippen LogP contribution is -2.27. The van der Waals surface area contributed by atoms with Crippen LogP contribution < -0.4 is 9.46 Å².